The highest BCUT2D eigenvalue weighted by molar-refractivity contribution is 7.17. The topological polar surface area (TPSA) is 90.0 Å². The number of nitrogens with zero attached hydrogens (tertiary/aromatic N) is 2. The van der Waals surface area contributed by atoms with Crippen LogP contribution in [0.25, 0.3) is 0 Å². The van der Waals surface area contributed by atoms with Crippen molar-refractivity contribution in [3.63, 3.8) is 0 Å². The maximum atomic E-state index is 13.3. The third-order valence-electron chi connectivity index (χ3n) is 5.49. The van der Waals surface area contributed by atoms with E-state index in [4.69, 9.17) is 5.73 Å². The smallest absolute Gasteiger partial charge is 0.365 e. The van der Waals surface area contributed by atoms with Crippen LogP contribution < -0.4 is 11.1 Å². The van der Waals surface area contributed by atoms with Crippen LogP contribution in [-0.2, 0) is 43.2 Å². The summed E-state index contributed by atoms with van der Waals surface area (Å²) >= 11 is 1.32. The molecule has 2 heterocycles. The minimum atomic E-state index is -4.55. The maximum absolute atomic E-state index is 13.3. The lowest BCUT2D eigenvalue weighted by molar-refractivity contribution is -0.142. The van der Waals surface area contributed by atoms with Crippen LogP contribution in [-0.4, -0.2) is 21.6 Å². The van der Waals surface area contributed by atoms with Crippen LogP contribution in [0.4, 0.5) is 18.2 Å². The number of thiophene rings is 1. The molecule has 0 saturated carbocycles. The standard InChI is InChI=1S/C19H21F3N4O2S/c20-19(21,22)16-10-5-1-3-7-12(10)26(25-16)9-14(27)24-18-15(17(23)28)11-6-2-4-8-13(11)29-18/h1-9H2,(H2,23,28)(H,24,27). The molecule has 2 aromatic rings. The molecule has 3 N–H and O–H groups in total. The molecule has 0 atom stereocenters. The Balaban J connectivity index is 1.59. The molecule has 0 bridgehead atoms. The van der Waals surface area contributed by atoms with E-state index in [9.17, 15) is 22.8 Å². The number of aryl methyl sites for hydroxylation is 1. The lowest BCUT2D eigenvalue weighted by atomic mass is 9.95. The van der Waals surface area contributed by atoms with Gasteiger partial charge >= 0.3 is 6.18 Å². The number of rotatable bonds is 4. The van der Waals surface area contributed by atoms with Gasteiger partial charge in [0.15, 0.2) is 5.69 Å². The van der Waals surface area contributed by atoms with Crippen molar-refractivity contribution >= 4 is 28.2 Å². The predicted molar refractivity (Wildman–Crippen MR) is 102 cm³/mol. The minimum Gasteiger partial charge on any atom is -0.365 e. The lowest BCUT2D eigenvalue weighted by Crippen LogP contribution is -2.23. The first-order valence-corrected chi connectivity index (χ1v) is 10.5. The summed E-state index contributed by atoms with van der Waals surface area (Å²) in [5.74, 6) is -1.12. The van der Waals surface area contributed by atoms with E-state index in [1.807, 2.05) is 0 Å². The number of primary amides is 1. The summed E-state index contributed by atoms with van der Waals surface area (Å²) in [7, 11) is 0. The Hall–Kier alpha value is -2.36. The average molecular weight is 426 g/mol. The summed E-state index contributed by atoms with van der Waals surface area (Å²) in [6.07, 6.45) is 1.21. The summed E-state index contributed by atoms with van der Waals surface area (Å²) < 4.78 is 41.1. The normalized spacial score (nSPS) is 16.2. The lowest BCUT2D eigenvalue weighted by Gasteiger charge is -2.14. The van der Waals surface area contributed by atoms with Crippen LogP contribution in [0.2, 0.25) is 0 Å². The van der Waals surface area contributed by atoms with Crippen molar-refractivity contribution in [2.45, 2.75) is 64.1 Å². The van der Waals surface area contributed by atoms with Gasteiger partial charge in [0.2, 0.25) is 5.91 Å². The van der Waals surface area contributed by atoms with Crippen molar-refractivity contribution in [3.8, 4) is 0 Å². The first-order valence-electron chi connectivity index (χ1n) is 9.65. The zero-order valence-electron chi connectivity index (χ0n) is 15.7. The summed E-state index contributed by atoms with van der Waals surface area (Å²) in [6.45, 7) is -0.334. The second-order valence-corrected chi connectivity index (χ2v) is 8.57. The summed E-state index contributed by atoms with van der Waals surface area (Å²) in [4.78, 5) is 25.6. The Morgan fingerprint density at radius 2 is 1.72 bits per heavy atom. The molecule has 6 nitrogen and oxygen atoms in total. The molecular weight excluding hydrogens is 405 g/mol. The predicted octanol–water partition coefficient (Wildman–Crippen LogP) is 3.46. The van der Waals surface area contributed by atoms with E-state index in [0.717, 1.165) is 47.2 Å². The SMILES string of the molecule is NC(=O)c1c(NC(=O)Cn2nc(C(F)(F)F)c3c2CCCC3)sc2c1CCCC2. The second-order valence-electron chi connectivity index (χ2n) is 7.46. The monoisotopic (exact) mass is 426 g/mol. The average Bonchev–Trinajstić information content (AvgIpc) is 3.20. The molecule has 2 aliphatic rings. The molecule has 10 heteroatoms. The van der Waals surface area contributed by atoms with E-state index >= 15 is 0 Å². The molecule has 2 aromatic heterocycles. The van der Waals surface area contributed by atoms with E-state index in [1.54, 1.807) is 0 Å². The van der Waals surface area contributed by atoms with Crippen LogP contribution in [0.15, 0.2) is 0 Å². The molecular formula is C19H21F3N4O2S. The van der Waals surface area contributed by atoms with Crippen molar-refractivity contribution in [2.75, 3.05) is 5.32 Å². The summed E-state index contributed by atoms with van der Waals surface area (Å²) in [5, 5.41) is 6.78. The van der Waals surface area contributed by atoms with Gasteiger partial charge in [-0.2, -0.15) is 18.3 Å². The van der Waals surface area contributed by atoms with Gasteiger partial charge in [-0.1, -0.05) is 0 Å². The first-order chi connectivity index (χ1) is 13.8. The van der Waals surface area contributed by atoms with Crippen molar-refractivity contribution in [3.05, 3.63) is 33.0 Å². The molecule has 4 rings (SSSR count). The number of aromatic nitrogens is 2. The number of fused-ring (bicyclic) bond motifs is 2. The molecule has 0 aliphatic heterocycles. The Kier molecular flexibility index (Phi) is 5.14. The maximum Gasteiger partial charge on any atom is 0.435 e. The molecule has 2 aliphatic carbocycles. The fraction of sp³-hybridized carbons (Fsp3) is 0.526. The van der Waals surface area contributed by atoms with Gasteiger partial charge in [0.25, 0.3) is 5.91 Å². The zero-order valence-corrected chi connectivity index (χ0v) is 16.5. The molecule has 0 radical (unpaired) electrons. The molecule has 0 unspecified atom stereocenters. The largest absolute Gasteiger partial charge is 0.435 e. The van der Waals surface area contributed by atoms with Crippen molar-refractivity contribution in [1.29, 1.82) is 0 Å². The van der Waals surface area contributed by atoms with Gasteiger partial charge in [-0.25, -0.2) is 0 Å². The van der Waals surface area contributed by atoms with Crippen LogP contribution >= 0.6 is 11.3 Å². The third-order valence-corrected chi connectivity index (χ3v) is 6.70. The van der Waals surface area contributed by atoms with E-state index in [0.29, 0.717) is 35.5 Å². The number of hydrogen-bond donors (Lipinski definition) is 2. The zero-order chi connectivity index (χ0) is 20.8. The molecule has 0 spiro atoms. The van der Waals surface area contributed by atoms with Gasteiger partial charge < -0.3 is 11.1 Å². The Labute approximate surface area is 169 Å². The van der Waals surface area contributed by atoms with Crippen LogP contribution in [0.1, 0.15) is 63.4 Å². The second kappa shape index (κ2) is 7.47. The highest BCUT2D eigenvalue weighted by atomic mass is 32.1. The number of hydrogen-bond acceptors (Lipinski definition) is 4. The van der Waals surface area contributed by atoms with E-state index in [-0.39, 0.29) is 12.1 Å². The molecule has 156 valence electrons. The van der Waals surface area contributed by atoms with Gasteiger partial charge in [-0.15, -0.1) is 11.3 Å². The fourth-order valence-corrected chi connectivity index (χ4v) is 5.56. The quantitative estimate of drug-likeness (QED) is 0.785. The summed E-state index contributed by atoms with van der Waals surface area (Å²) in [6, 6.07) is 0. The highest BCUT2D eigenvalue weighted by Crippen LogP contribution is 2.38. The third kappa shape index (κ3) is 3.77. The number of carbonyl (C=O) groups excluding carboxylic acids is 2. The number of carbonyl (C=O) groups is 2. The Morgan fingerprint density at radius 1 is 1.07 bits per heavy atom. The number of anilines is 1. The first kappa shape index (κ1) is 19.9. The fourth-order valence-electron chi connectivity index (χ4n) is 4.25. The molecule has 0 fully saturated rings. The van der Waals surface area contributed by atoms with E-state index in [1.165, 1.54) is 11.3 Å². The molecule has 2 amide bonds. The molecule has 0 saturated heterocycles. The number of alkyl halides is 3. The highest BCUT2D eigenvalue weighted by Gasteiger charge is 2.39. The summed E-state index contributed by atoms with van der Waals surface area (Å²) in [5.41, 5.74) is 6.51. The van der Waals surface area contributed by atoms with Crippen LogP contribution in [0, 0.1) is 0 Å². The number of nitrogens with two attached hydrogens (primary N) is 1. The Morgan fingerprint density at radius 3 is 2.41 bits per heavy atom. The van der Waals surface area contributed by atoms with E-state index < -0.39 is 23.7 Å². The van der Waals surface area contributed by atoms with Gasteiger partial charge in [-0.3, -0.25) is 14.3 Å². The van der Waals surface area contributed by atoms with Gasteiger partial charge in [0.05, 0.1) is 5.56 Å². The number of nitrogens with one attached hydrogen (secondary N) is 1. The van der Waals surface area contributed by atoms with Crippen LogP contribution in [0.3, 0.4) is 0 Å². The van der Waals surface area contributed by atoms with Gasteiger partial charge in [0.1, 0.15) is 11.5 Å². The van der Waals surface area contributed by atoms with Gasteiger partial charge in [0, 0.05) is 16.1 Å². The minimum absolute atomic E-state index is 0.195. The van der Waals surface area contributed by atoms with Crippen LogP contribution in [0.5, 0.6) is 0 Å². The molecule has 0 aromatic carbocycles. The van der Waals surface area contributed by atoms with E-state index in [2.05, 4.69) is 10.4 Å². The van der Waals surface area contributed by atoms with Gasteiger partial charge in [-0.05, 0) is 56.9 Å². The van der Waals surface area contributed by atoms with Crippen molar-refractivity contribution in [1.82, 2.24) is 9.78 Å². The van der Waals surface area contributed by atoms with Crippen molar-refractivity contribution < 1.29 is 22.8 Å². The molecule has 29 heavy (non-hydrogen) atoms. The number of halogens is 3. The number of amides is 2. The Bertz CT molecular complexity index is 977. The van der Waals surface area contributed by atoms with Crippen molar-refractivity contribution in [2.24, 2.45) is 5.73 Å².